The molecular weight excluding hydrogens is 268 g/mol. The van der Waals surface area contributed by atoms with Crippen LogP contribution in [0.2, 0.25) is 0 Å². The first kappa shape index (κ1) is 13.1. The van der Waals surface area contributed by atoms with Gasteiger partial charge in [-0.25, -0.2) is 4.98 Å². The van der Waals surface area contributed by atoms with Crippen LogP contribution in [-0.4, -0.2) is 16.7 Å². The fraction of sp³-hybridized carbons (Fsp3) is 0.188. The van der Waals surface area contributed by atoms with E-state index in [-0.39, 0.29) is 6.61 Å². The fourth-order valence-corrected chi connectivity index (χ4v) is 2.94. The Balaban J connectivity index is 1.66. The second kappa shape index (κ2) is 6.03. The van der Waals surface area contributed by atoms with Crippen molar-refractivity contribution in [3.63, 3.8) is 0 Å². The predicted molar refractivity (Wildman–Crippen MR) is 84.2 cm³/mol. The SMILES string of the molecule is OCCc1ccc(CNc2nc3ccccc3s2)cc1. The normalized spacial score (nSPS) is 10.8. The van der Waals surface area contributed by atoms with Crippen molar-refractivity contribution < 1.29 is 5.11 Å². The highest BCUT2D eigenvalue weighted by Crippen LogP contribution is 2.25. The van der Waals surface area contributed by atoms with E-state index in [2.05, 4.69) is 40.6 Å². The second-order valence-electron chi connectivity index (χ2n) is 4.63. The van der Waals surface area contributed by atoms with Crippen LogP contribution in [0.4, 0.5) is 5.13 Å². The lowest BCUT2D eigenvalue weighted by Crippen LogP contribution is -1.99. The molecule has 0 atom stereocenters. The van der Waals surface area contributed by atoms with Crippen LogP contribution in [0.5, 0.6) is 0 Å². The van der Waals surface area contributed by atoms with E-state index < -0.39 is 0 Å². The van der Waals surface area contributed by atoms with E-state index >= 15 is 0 Å². The van der Waals surface area contributed by atoms with Gasteiger partial charge in [0, 0.05) is 13.2 Å². The standard InChI is InChI=1S/C16H16N2OS/c19-10-9-12-5-7-13(8-6-12)11-17-16-18-14-3-1-2-4-15(14)20-16/h1-8,19H,9-11H2,(H,17,18). The van der Waals surface area contributed by atoms with Crippen LogP contribution >= 0.6 is 11.3 Å². The highest BCUT2D eigenvalue weighted by molar-refractivity contribution is 7.22. The molecule has 0 saturated carbocycles. The number of aliphatic hydroxyl groups excluding tert-OH is 1. The lowest BCUT2D eigenvalue weighted by Gasteiger charge is -2.04. The van der Waals surface area contributed by atoms with Gasteiger partial charge < -0.3 is 10.4 Å². The van der Waals surface area contributed by atoms with Gasteiger partial charge in [-0.05, 0) is 29.7 Å². The Morgan fingerprint density at radius 2 is 1.75 bits per heavy atom. The molecule has 4 heteroatoms. The molecule has 0 aliphatic heterocycles. The number of aromatic nitrogens is 1. The summed E-state index contributed by atoms with van der Waals surface area (Å²) in [6.45, 7) is 0.961. The minimum absolute atomic E-state index is 0.198. The van der Waals surface area contributed by atoms with Crippen molar-refractivity contribution >= 4 is 26.7 Å². The largest absolute Gasteiger partial charge is 0.396 e. The highest BCUT2D eigenvalue weighted by atomic mass is 32.1. The Kier molecular flexibility index (Phi) is 3.95. The lowest BCUT2D eigenvalue weighted by molar-refractivity contribution is 0.299. The van der Waals surface area contributed by atoms with Gasteiger partial charge in [-0.15, -0.1) is 0 Å². The zero-order chi connectivity index (χ0) is 13.8. The smallest absolute Gasteiger partial charge is 0.184 e. The third-order valence-electron chi connectivity index (χ3n) is 3.16. The first-order valence-corrected chi connectivity index (χ1v) is 7.45. The zero-order valence-electron chi connectivity index (χ0n) is 11.0. The summed E-state index contributed by atoms with van der Waals surface area (Å²) in [4.78, 5) is 4.55. The van der Waals surface area contributed by atoms with E-state index in [0.29, 0.717) is 6.42 Å². The van der Waals surface area contributed by atoms with E-state index in [4.69, 9.17) is 5.11 Å². The third-order valence-corrected chi connectivity index (χ3v) is 4.16. The summed E-state index contributed by atoms with van der Waals surface area (Å²) in [5.41, 5.74) is 3.42. The van der Waals surface area contributed by atoms with Gasteiger partial charge in [0.1, 0.15) is 0 Å². The Labute approximate surface area is 121 Å². The van der Waals surface area contributed by atoms with Crippen LogP contribution in [0.3, 0.4) is 0 Å². The number of fused-ring (bicyclic) bond motifs is 1. The van der Waals surface area contributed by atoms with Gasteiger partial charge in [0.15, 0.2) is 5.13 Å². The van der Waals surface area contributed by atoms with Gasteiger partial charge in [-0.3, -0.25) is 0 Å². The number of hydrogen-bond donors (Lipinski definition) is 2. The lowest BCUT2D eigenvalue weighted by atomic mass is 10.1. The zero-order valence-corrected chi connectivity index (χ0v) is 11.9. The van der Waals surface area contributed by atoms with Crippen LogP contribution < -0.4 is 5.32 Å². The molecule has 0 saturated heterocycles. The van der Waals surface area contributed by atoms with Gasteiger partial charge in [0.05, 0.1) is 10.2 Å². The van der Waals surface area contributed by atoms with Crippen LogP contribution in [0.25, 0.3) is 10.2 Å². The number of hydrogen-bond acceptors (Lipinski definition) is 4. The van der Waals surface area contributed by atoms with Crippen LogP contribution in [0.15, 0.2) is 48.5 Å². The molecule has 0 amide bonds. The Morgan fingerprint density at radius 3 is 2.50 bits per heavy atom. The van der Waals surface area contributed by atoms with E-state index in [1.807, 2.05) is 18.2 Å². The van der Waals surface area contributed by atoms with Crippen LogP contribution in [-0.2, 0) is 13.0 Å². The number of para-hydroxylation sites is 1. The second-order valence-corrected chi connectivity index (χ2v) is 5.66. The summed E-state index contributed by atoms with van der Waals surface area (Å²) in [5.74, 6) is 0. The summed E-state index contributed by atoms with van der Waals surface area (Å²) in [6.07, 6.45) is 0.714. The van der Waals surface area contributed by atoms with Gasteiger partial charge >= 0.3 is 0 Å². The molecule has 0 fully saturated rings. The van der Waals surface area contributed by atoms with Gasteiger partial charge in [0.25, 0.3) is 0 Å². The van der Waals surface area contributed by atoms with Crippen LogP contribution in [0, 0.1) is 0 Å². The van der Waals surface area contributed by atoms with Crippen molar-refractivity contribution in [2.24, 2.45) is 0 Å². The van der Waals surface area contributed by atoms with E-state index in [0.717, 1.165) is 22.8 Å². The van der Waals surface area contributed by atoms with Crippen molar-refractivity contribution in [3.05, 3.63) is 59.7 Å². The molecule has 1 heterocycles. The van der Waals surface area contributed by atoms with Crippen molar-refractivity contribution in [1.82, 2.24) is 4.98 Å². The molecule has 3 nitrogen and oxygen atoms in total. The third kappa shape index (κ3) is 2.98. The molecule has 2 N–H and O–H groups in total. The first-order chi connectivity index (χ1) is 9.85. The molecule has 2 aromatic carbocycles. The van der Waals surface area contributed by atoms with Crippen LogP contribution in [0.1, 0.15) is 11.1 Å². The number of benzene rings is 2. The summed E-state index contributed by atoms with van der Waals surface area (Å²) in [7, 11) is 0. The molecule has 0 aliphatic rings. The maximum absolute atomic E-state index is 8.89. The molecule has 0 aliphatic carbocycles. The molecular formula is C16H16N2OS. The van der Waals surface area contributed by atoms with E-state index in [1.165, 1.54) is 10.3 Å². The maximum atomic E-state index is 8.89. The monoisotopic (exact) mass is 284 g/mol. The molecule has 0 unspecified atom stereocenters. The van der Waals surface area contributed by atoms with Crippen molar-refractivity contribution in [2.75, 3.05) is 11.9 Å². The minimum atomic E-state index is 0.198. The average Bonchev–Trinajstić information content (AvgIpc) is 2.90. The molecule has 3 aromatic rings. The number of nitrogens with one attached hydrogen (secondary N) is 1. The van der Waals surface area contributed by atoms with E-state index in [9.17, 15) is 0 Å². The Morgan fingerprint density at radius 1 is 1.00 bits per heavy atom. The minimum Gasteiger partial charge on any atom is -0.396 e. The Hall–Kier alpha value is -1.91. The summed E-state index contributed by atoms with van der Waals surface area (Å²) < 4.78 is 1.20. The summed E-state index contributed by atoms with van der Waals surface area (Å²) in [6, 6.07) is 16.5. The number of nitrogens with zero attached hydrogens (tertiary/aromatic N) is 1. The molecule has 0 bridgehead atoms. The highest BCUT2D eigenvalue weighted by Gasteiger charge is 2.02. The summed E-state index contributed by atoms with van der Waals surface area (Å²) >= 11 is 1.67. The average molecular weight is 284 g/mol. The quantitative estimate of drug-likeness (QED) is 0.754. The summed E-state index contributed by atoms with van der Waals surface area (Å²) in [5, 5.41) is 13.2. The van der Waals surface area contributed by atoms with Gasteiger partial charge in [-0.2, -0.15) is 0 Å². The topological polar surface area (TPSA) is 45.1 Å². The molecule has 0 spiro atoms. The molecule has 0 radical (unpaired) electrons. The maximum Gasteiger partial charge on any atom is 0.184 e. The number of rotatable bonds is 5. The number of thiazole rings is 1. The van der Waals surface area contributed by atoms with Gasteiger partial charge in [0.2, 0.25) is 0 Å². The number of aliphatic hydroxyl groups is 1. The van der Waals surface area contributed by atoms with Crippen molar-refractivity contribution in [1.29, 1.82) is 0 Å². The predicted octanol–water partition coefficient (Wildman–Crippen LogP) is 3.44. The Bertz CT molecular complexity index is 658. The molecule has 20 heavy (non-hydrogen) atoms. The van der Waals surface area contributed by atoms with Crippen molar-refractivity contribution in [2.45, 2.75) is 13.0 Å². The molecule has 1 aromatic heterocycles. The first-order valence-electron chi connectivity index (χ1n) is 6.63. The molecule has 102 valence electrons. The number of anilines is 1. The van der Waals surface area contributed by atoms with Gasteiger partial charge in [-0.1, -0.05) is 47.7 Å². The van der Waals surface area contributed by atoms with Crippen molar-refractivity contribution in [3.8, 4) is 0 Å². The molecule has 3 rings (SSSR count). The van der Waals surface area contributed by atoms with E-state index in [1.54, 1.807) is 11.3 Å². The fourth-order valence-electron chi connectivity index (χ4n) is 2.08.